The van der Waals surface area contributed by atoms with E-state index in [1.165, 1.54) is 18.9 Å². The summed E-state index contributed by atoms with van der Waals surface area (Å²) in [6.07, 6.45) is 0. The second-order valence-corrected chi connectivity index (χ2v) is 5.24. The van der Waals surface area contributed by atoms with Crippen LogP contribution in [0.5, 0.6) is 0 Å². The van der Waals surface area contributed by atoms with E-state index >= 15 is 0 Å². The van der Waals surface area contributed by atoms with Crippen LogP contribution >= 0.6 is 11.8 Å². The first-order valence-electron chi connectivity index (χ1n) is 6.09. The molecule has 1 aromatic carbocycles. The molecule has 1 aromatic heterocycles. The van der Waals surface area contributed by atoms with Crippen LogP contribution in [-0.2, 0) is 4.74 Å². The van der Waals surface area contributed by atoms with E-state index in [0.29, 0.717) is 21.2 Å². The number of esters is 1. The molecule has 5 nitrogen and oxygen atoms in total. The molecule has 1 N–H and O–H groups in total. The molecule has 6 heteroatoms. The molecular weight excluding hydrogens is 290 g/mol. The van der Waals surface area contributed by atoms with Gasteiger partial charge in [0.15, 0.2) is 0 Å². The van der Waals surface area contributed by atoms with Crippen LogP contribution < -0.4 is 0 Å². The second-order valence-electron chi connectivity index (χ2n) is 4.18. The topological polar surface area (TPSA) is 76.5 Å². The van der Waals surface area contributed by atoms with Crippen LogP contribution in [-0.4, -0.2) is 29.1 Å². The van der Waals surface area contributed by atoms with Gasteiger partial charge in [0.05, 0.1) is 23.9 Å². The summed E-state index contributed by atoms with van der Waals surface area (Å²) in [6, 6.07) is 10.00. The molecule has 0 atom stereocenters. The first-order valence-corrected chi connectivity index (χ1v) is 6.90. The van der Waals surface area contributed by atoms with Crippen molar-refractivity contribution in [3.05, 3.63) is 53.2 Å². The fourth-order valence-electron chi connectivity index (χ4n) is 1.77. The lowest BCUT2D eigenvalue weighted by atomic mass is 10.2. The van der Waals surface area contributed by atoms with Crippen molar-refractivity contribution in [1.29, 1.82) is 0 Å². The zero-order chi connectivity index (χ0) is 15.4. The fraction of sp³-hybridized carbons (Fsp3) is 0.133. The van der Waals surface area contributed by atoms with Gasteiger partial charge in [-0.25, -0.2) is 14.6 Å². The molecule has 0 bridgehead atoms. The van der Waals surface area contributed by atoms with E-state index in [1.807, 2.05) is 0 Å². The number of rotatable bonds is 4. The minimum absolute atomic E-state index is 0.221. The third-order valence-corrected chi connectivity index (χ3v) is 3.81. The number of carboxylic acid groups (broad SMARTS) is 1. The summed E-state index contributed by atoms with van der Waals surface area (Å²) < 4.78 is 4.66. The highest BCUT2D eigenvalue weighted by Crippen LogP contribution is 2.29. The van der Waals surface area contributed by atoms with Gasteiger partial charge in [0.25, 0.3) is 0 Å². The number of hydrogen-bond acceptors (Lipinski definition) is 5. The van der Waals surface area contributed by atoms with Gasteiger partial charge in [0.2, 0.25) is 0 Å². The average Bonchev–Trinajstić information content (AvgIpc) is 2.47. The molecule has 21 heavy (non-hydrogen) atoms. The Morgan fingerprint density at radius 1 is 1.14 bits per heavy atom. The molecule has 0 saturated carbocycles. The van der Waals surface area contributed by atoms with Crippen LogP contribution in [0.1, 0.15) is 26.4 Å². The molecule has 0 aliphatic rings. The smallest absolute Gasteiger partial charge is 0.339 e. The highest BCUT2D eigenvalue weighted by Gasteiger charge is 2.14. The normalized spacial score (nSPS) is 10.2. The molecule has 2 aromatic rings. The van der Waals surface area contributed by atoms with Crippen molar-refractivity contribution >= 4 is 23.7 Å². The Kier molecular flexibility index (Phi) is 4.59. The van der Waals surface area contributed by atoms with Gasteiger partial charge in [0, 0.05) is 4.90 Å². The maximum atomic E-state index is 11.5. The summed E-state index contributed by atoms with van der Waals surface area (Å²) in [5.74, 6) is -1.43. The lowest BCUT2D eigenvalue weighted by Gasteiger charge is -2.07. The van der Waals surface area contributed by atoms with E-state index in [4.69, 9.17) is 5.11 Å². The van der Waals surface area contributed by atoms with Crippen LogP contribution in [0.15, 0.2) is 46.3 Å². The number of aromatic nitrogens is 1. The Bertz CT molecular complexity index is 700. The number of methoxy groups -OCH3 is 1. The number of aryl methyl sites for hydroxylation is 1. The first-order chi connectivity index (χ1) is 10.0. The van der Waals surface area contributed by atoms with Crippen molar-refractivity contribution < 1.29 is 19.4 Å². The molecule has 0 aliphatic heterocycles. The molecule has 0 aliphatic carbocycles. The number of carboxylic acids is 1. The highest BCUT2D eigenvalue weighted by atomic mass is 32.2. The Labute approximate surface area is 126 Å². The zero-order valence-electron chi connectivity index (χ0n) is 11.5. The van der Waals surface area contributed by atoms with E-state index in [2.05, 4.69) is 9.72 Å². The van der Waals surface area contributed by atoms with Crippen LogP contribution in [0, 0.1) is 6.92 Å². The minimum Gasteiger partial charge on any atom is -0.478 e. The molecule has 108 valence electrons. The van der Waals surface area contributed by atoms with Gasteiger partial charge in [-0.05, 0) is 31.2 Å². The Morgan fingerprint density at radius 2 is 1.86 bits per heavy atom. The third kappa shape index (κ3) is 3.41. The van der Waals surface area contributed by atoms with E-state index in [0.717, 1.165) is 0 Å². The number of hydrogen-bond donors (Lipinski definition) is 1. The Balaban J connectivity index is 2.31. The minimum atomic E-state index is -0.985. The molecule has 1 heterocycles. The quantitative estimate of drug-likeness (QED) is 0.875. The molecule has 0 fully saturated rings. The molecule has 0 unspecified atom stereocenters. The van der Waals surface area contributed by atoms with Gasteiger partial charge in [-0.1, -0.05) is 23.9 Å². The van der Waals surface area contributed by atoms with Gasteiger partial charge < -0.3 is 9.84 Å². The molecule has 0 saturated heterocycles. The van der Waals surface area contributed by atoms with Gasteiger partial charge in [-0.2, -0.15) is 0 Å². The van der Waals surface area contributed by atoms with Crippen molar-refractivity contribution in [2.75, 3.05) is 7.11 Å². The van der Waals surface area contributed by atoms with Crippen molar-refractivity contribution in [1.82, 2.24) is 4.98 Å². The number of carbonyl (C=O) groups excluding carboxylic acids is 1. The van der Waals surface area contributed by atoms with Crippen molar-refractivity contribution in [3.8, 4) is 0 Å². The first kappa shape index (κ1) is 15.1. The maximum Gasteiger partial charge on any atom is 0.339 e. The SMILES string of the molecule is COC(=O)c1ccc(Sc2ccccc2C(=O)O)nc1C. The number of aromatic carboxylic acids is 1. The van der Waals surface area contributed by atoms with Crippen molar-refractivity contribution in [3.63, 3.8) is 0 Å². The number of pyridine rings is 1. The lowest BCUT2D eigenvalue weighted by molar-refractivity contribution is 0.0598. The van der Waals surface area contributed by atoms with Crippen LogP contribution in [0.3, 0.4) is 0 Å². The van der Waals surface area contributed by atoms with E-state index in [9.17, 15) is 9.59 Å². The van der Waals surface area contributed by atoms with E-state index in [1.54, 1.807) is 43.3 Å². The van der Waals surface area contributed by atoms with Crippen LogP contribution in [0.4, 0.5) is 0 Å². The highest BCUT2D eigenvalue weighted by molar-refractivity contribution is 7.99. The van der Waals surface area contributed by atoms with E-state index < -0.39 is 11.9 Å². The van der Waals surface area contributed by atoms with Crippen LogP contribution in [0.2, 0.25) is 0 Å². The predicted molar refractivity (Wildman–Crippen MR) is 77.8 cm³/mol. The Hall–Kier alpha value is -2.34. The third-order valence-electron chi connectivity index (χ3n) is 2.80. The monoisotopic (exact) mass is 303 g/mol. The standard InChI is InChI=1S/C15H13NO4S/c1-9-10(15(19)20-2)7-8-13(16-9)21-12-6-4-3-5-11(12)14(17)18/h3-8H,1-2H3,(H,17,18). The number of benzene rings is 1. The second kappa shape index (κ2) is 6.41. The summed E-state index contributed by atoms with van der Waals surface area (Å²) in [6.45, 7) is 1.71. The molecule has 2 rings (SSSR count). The van der Waals surface area contributed by atoms with Crippen molar-refractivity contribution in [2.45, 2.75) is 16.8 Å². The molecule has 0 amide bonds. The van der Waals surface area contributed by atoms with Gasteiger partial charge in [-0.3, -0.25) is 0 Å². The van der Waals surface area contributed by atoms with E-state index in [-0.39, 0.29) is 5.56 Å². The molecular formula is C15H13NO4S. The van der Waals surface area contributed by atoms with Gasteiger partial charge in [0.1, 0.15) is 5.03 Å². The summed E-state index contributed by atoms with van der Waals surface area (Å²) in [4.78, 5) is 27.6. The summed E-state index contributed by atoms with van der Waals surface area (Å²) in [5.41, 5.74) is 1.16. The summed E-state index contributed by atoms with van der Waals surface area (Å²) >= 11 is 1.24. The fourth-order valence-corrected chi connectivity index (χ4v) is 2.72. The largest absolute Gasteiger partial charge is 0.478 e. The number of ether oxygens (including phenoxy) is 1. The van der Waals surface area contributed by atoms with Crippen molar-refractivity contribution in [2.24, 2.45) is 0 Å². The number of nitrogens with zero attached hydrogens (tertiary/aromatic N) is 1. The summed E-state index contributed by atoms with van der Waals surface area (Å²) in [5, 5.41) is 9.77. The molecule has 0 spiro atoms. The summed E-state index contributed by atoms with van der Waals surface area (Å²) in [7, 11) is 1.31. The Morgan fingerprint density at radius 3 is 2.48 bits per heavy atom. The predicted octanol–water partition coefficient (Wildman–Crippen LogP) is 3.03. The maximum absolute atomic E-state index is 11.5. The lowest BCUT2D eigenvalue weighted by Crippen LogP contribution is -2.05. The van der Waals surface area contributed by atoms with Crippen LogP contribution in [0.25, 0.3) is 0 Å². The van der Waals surface area contributed by atoms with Gasteiger partial charge in [-0.15, -0.1) is 0 Å². The van der Waals surface area contributed by atoms with Gasteiger partial charge >= 0.3 is 11.9 Å². The average molecular weight is 303 g/mol. The number of carbonyl (C=O) groups is 2. The molecule has 0 radical (unpaired) electrons. The zero-order valence-corrected chi connectivity index (χ0v) is 12.3.